The smallest absolute Gasteiger partial charge is 0.281 e. The average molecular weight is 309 g/mol. The summed E-state index contributed by atoms with van der Waals surface area (Å²) < 4.78 is 23.7. The fourth-order valence-corrected chi connectivity index (χ4v) is 2.18. The molecule has 1 aromatic rings. The molecule has 0 amide bonds. The molecule has 0 bridgehead atoms. The summed E-state index contributed by atoms with van der Waals surface area (Å²) in [6.07, 6.45) is 0. The summed E-state index contributed by atoms with van der Waals surface area (Å²) in [5.74, 6) is 0. The molecule has 1 aromatic carbocycles. The molecule has 0 aliphatic rings. The molecule has 0 aliphatic heterocycles. The average Bonchev–Trinajstić information content (AvgIpc) is 2.25. The molecule has 19 heavy (non-hydrogen) atoms. The predicted octanol–water partition coefficient (Wildman–Crippen LogP) is 2.26. The van der Waals surface area contributed by atoms with Crippen LogP contribution in [0.15, 0.2) is 23.1 Å². The summed E-state index contributed by atoms with van der Waals surface area (Å²) in [4.78, 5) is 16.5. The number of benzene rings is 1. The quantitative estimate of drug-likeness (QED) is 0.679. The van der Waals surface area contributed by atoms with Gasteiger partial charge in [0.05, 0.1) is 15.4 Å². The monoisotopic (exact) mass is 308 g/mol. The van der Waals surface area contributed by atoms with Crippen LogP contribution in [0.25, 0.3) is 0 Å². The molecule has 9 heteroatoms. The molecule has 106 valence electrons. The molecular formula is C10H13ClN2O5S. The Labute approximate surface area is 115 Å². The first-order valence-electron chi connectivity index (χ1n) is 5.17. The van der Waals surface area contributed by atoms with Gasteiger partial charge in [-0.1, -0.05) is 16.5 Å². The number of sulfonamides is 1. The minimum atomic E-state index is -4.00. The van der Waals surface area contributed by atoms with E-state index in [1.807, 2.05) is 4.89 Å². The van der Waals surface area contributed by atoms with Gasteiger partial charge in [0.25, 0.3) is 15.7 Å². The molecule has 0 saturated carbocycles. The topological polar surface area (TPSA) is 98.5 Å². The van der Waals surface area contributed by atoms with E-state index >= 15 is 0 Å². The first-order chi connectivity index (χ1) is 8.53. The molecule has 0 aliphatic carbocycles. The van der Waals surface area contributed by atoms with Gasteiger partial charge in [-0.3, -0.25) is 15.0 Å². The third-order valence-corrected chi connectivity index (χ3v) is 3.38. The minimum Gasteiger partial charge on any atom is -0.281 e. The second-order valence-electron chi connectivity index (χ2n) is 4.67. The van der Waals surface area contributed by atoms with Crippen LogP contribution in [-0.4, -0.2) is 18.9 Å². The zero-order valence-electron chi connectivity index (χ0n) is 10.5. The van der Waals surface area contributed by atoms with E-state index in [-0.39, 0.29) is 9.92 Å². The highest BCUT2D eigenvalue weighted by atomic mass is 35.5. The Bertz CT molecular complexity index is 594. The van der Waals surface area contributed by atoms with Gasteiger partial charge >= 0.3 is 0 Å². The number of nitrogens with zero attached hydrogens (tertiary/aromatic N) is 1. The Kier molecular flexibility index (Phi) is 4.51. The summed E-state index contributed by atoms with van der Waals surface area (Å²) in [6.45, 7) is 4.96. The normalized spacial score (nSPS) is 12.4. The molecule has 0 heterocycles. The van der Waals surface area contributed by atoms with Crippen LogP contribution in [0.4, 0.5) is 5.69 Å². The number of nitro groups is 1. The summed E-state index contributed by atoms with van der Waals surface area (Å²) in [6, 6.07) is 3.17. The Hall–Kier alpha value is -1.22. The third-order valence-electron chi connectivity index (χ3n) is 1.88. The van der Waals surface area contributed by atoms with Crippen LogP contribution in [0, 0.1) is 10.1 Å². The first-order valence-corrected chi connectivity index (χ1v) is 7.03. The maximum Gasteiger partial charge on any atom is 0.289 e. The van der Waals surface area contributed by atoms with Crippen LogP contribution in [0.5, 0.6) is 0 Å². The molecule has 0 unspecified atom stereocenters. The molecule has 7 nitrogen and oxygen atoms in total. The molecule has 1 N–H and O–H groups in total. The summed E-state index contributed by atoms with van der Waals surface area (Å²) in [5.41, 5.74) is -1.22. The maximum atomic E-state index is 11.9. The third kappa shape index (κ3) is 4.43. The second kappa shape index (κ2) is 5.41. The number of hydrogen-bond donors (Lipinski definition) is 1. The van der Waals surface area contributed by atoms with Crippen molar-refractivity contribution in [1.82, 2.24) is 4.89 Å². The zero-order chi connectivity index (χ0) is 14.8. The first kappa shape index (κ1) is 15.8. The number of hydrogen-bond acceptors (Lipinski definition) is 5. The second-order valence-corrected chi connectivity index (χ2v) is 6.72. The van der Waals surface area contributed by atoms with E-state index in [1.54, 1.807) is 20.8 Å². The van der Waals surface area contributed by atoms with E-state index in [9.17, 15) is 18.5 Å². The van der Waals surface area contributed by atoms with Gasteiger partial charge in [-0.2, -0.15) is 0 Å². The molecular weight excluding hydrogens is 296 g/mol. The van der Waals surface area contributed by atoms with Crippen molar-refractivity contribution in [3.05, 3.63) is 33.3 Å². The standard InChI is InChI=1S/C10H13ClN2O5S/c1-10(2,3)18-12-19(16,17)7-4-5-8(11)9(6-7)13(14)15/h4-6,12H,1-3H3. The van der Waals surface area contributed by atoms with Crippen molar-refractivity contribution in [2.24, 2.45) is 0 Å². The van der Waals surface area contributed by atoms with Crippen LogP contribution < -0.4 is 4.89 Å². The van der Waals surface area contributed by atoms with Gasteiger partial charge in [-0.15, -0.1) is 0 Å². The Morgan fingerprint density at radius 1 is 1.37 bits per heavy atom. The van der Waals surface area contributed by atoms with Gasteiger partial charge in [0.2, 0.25) is 0 Å². The number of nitrogens with one attached hydrogen (secondary N) is 1. The van der Waals surface area contributed by atoms with Crippen molar-refractivity contribution in [2.45, 2.75) is 31.3 Å². The van der Waals surface area contributed by atoms with Crippen molar-refractivity contribution in [1.29, 1.82) is 0 Å². The highest BCUT2D eigenvalue weighted by Gasteiger charge is 2.23. The lowest BCUT2D eigenvalue weighted by molar-refractivity contribution is -0.384. The van der Waals surface area contributed by atoms with Gasteiger partial charge in [-0.25, -0.2) is 8.42 Å². The molecule has 1 rings (SSSR count). The molecule has 0 fully saturated rings. The van der Waals surface area contributed by atoms with E-state index < -0.39 is 26.2 Å². The Morgan fingerprint density at radius 3 is 2.42 bits per heavy atom. The number of rotatable bonds is 4. The lowest BCUT2D eigenvalue weighted by Crippen LogP contribution is -2.33. The largest absolute Gasteiger partial charge is 0.289 e. The summed E-state index contributed by atoms with van der Waals surface area (Å²) in [7, 11) is -4.00. The van der Waals surface area contributed by atoms with Crippen LogP contribution in [0.3, 0.4) is 0 Å². The summed E-state index contributed by atoms with van der Waals surface area (Å²) >= 11 is 5.60. The van der Waals surface area contributed by atoms with Crippen LogP contribution in [0.1, 0.15) is 20.8 Å². The highest BCUT2D eigenvalue weighted by molar-refractivity contribution is 7.89. The minimum absolute atomic E-state index is 0.138. The molecule has 0 spiro atoms. The van der Waals surface area contributed by atoms with Crippen molar-refractivity contribution < 1.29 is 18.2 Å². The van der Waals surface area contributed by atoms with Crippen molar-refractivity contribution in [3.63, 3.8) is 0 Å². The molecule has 0 saturated heterocycles. The van der Waals surface area contributed by atoms with Crippen LogP contribution in [0.2, 0.25) is 5.02 Å². The molecule has 0 aromatic heterocycles. The van der Waals surface area contributed by atoms with Gasteiger partial charge in [0, 0.05) is 6.07 Å². The lowest BCUT2D eigenvalue weighted by atomic mass is 10.2. The fraction of sp³-hybridized carbons (Fsp3) is 0.400. The fourth-order valence-electron chi connectivity index (χ4n) is 1.03. The van der Waals surface area contributed by atoms with Gasteiger partial charge < -0.3 is 0 Å². The van der Waals surface area contributed by atoms with Crippen LogP contribution in [-0.2, 0) is 14.9 Å². The Balaban J connectivity index is 3.09. The predicted molar refractivity (Wildman–Crippen MR) is 69.3 cm³/mol. The van der Waals surface area contributed by atoms with Crippen molar-refractivity contribution in [2.75, 3.05) is 0 Å². The zero-order valence-corrected chi connectivity index (χ0v) is 12.1. The van der Waals surface area contributed by atoms with E-state index in [1.165, 1.54) is 0 Å². The van der Waals surface area contributed by atoms with E-state index in [2.05, 4.69) is 0 Å². The van der Waals surface area contributed by atoms with Crippen LogP contribution >= 0.6 is 11.6 Å². The summed E-state index contributed by atoms with van der Waals surface area (Å²) in [5, 5.41) is 10.6. The van der Waals surface area contributed by atoms with Gasteiger partial charge in [0.15, 0.2) is 0 Å². The Morgan fingerprint density at radius 2 is 1.95 bits per heavy atom. The van der Waals surface area contributed by atoms with Crippen molar-refractivity contribution in [3.8, 4) is 0 Å². The highest BCUT2D eigenvalue weighted by Crippen LogP contribution is 2.27. The van der Waals surface area contributed by atoms with Crippen molar-refractivity contribution >= 4 is 27.3 Å². The number of nitro benzene ring substituents is 1. The molecule has 0 radical (unpaired) electrons. The van der Waals surface area contributed by atoms with E-state index in [0.717, 1.165) is 18.2 Å². The van der Waals surface area contributed by atoms with Gasteiger partial charge in [-0.05, 0) is 32.9 Å². The number of halogens is 1. The maximum absolute atomic E-state index is 11.9. The molecule has 0 atom stereocenters. The lowest BCUT2D eigenvalue weighted by Gasteiger charge is -2.19. The van der Waals surface area contributed by atoms with Gasteiger partial charge in [0.1, 0.15) is 5.02 Å². The van der Waals surface area contributed by atoms with E-state index in [0.29, 0.717) is 0 Å². The SMILES string of the molecule is CC(C)(C)ONS(=O)(=O)c1ccc(Cl)c([N+](=O)[O-])c1. The van der Waals surface area contributed by atoms with E-state index in [4.69, 9.17) is 16.4 Å².